The number of anilines is 1. The first-order valence-electron chi connectivity index (χ1n) is 5.15. The number of nitrogens with one attached hydrogen (secondary N) is 1. The van der Waals surface area contributed by atoms with Crippen LogP contribution in [0.15, 0.2) is 30.3 Å². The Kier molecular flexibility index (Phi) is 2.90. The minimum Gasteiger partial charge on any atom is -0.364 e. The van der Waals surface area contributed by atoms with E-state index < -0.39 is 0 Å². The van der Waals surface area contributed by atoms with Crippen LogP contribution < -0.4 is 5.32 Å². The van der Waals surface area contributed by atoms with Gasteiger partial charge in [-0.05, 0) is 13.0 Å². The molecule has 16 heavy (non-hydrogen) atoms. The molecule has 0 spiro atoms. The monoisotopic (exact) mass is 219 g/mol. The summed E-state index contributed by atoms with van der Waals surface area (Å²) >= 11 is 0. The van der Waals surface area contributed by atoms with Crippen molar-refractivity contribution in [2.24, 2.45) is 7.05 Å². The van der Waals surface area contributed by atoms with Crippen LogP contribution in [0.5, 0.6) is 0 Å². The lowest BCUT2D eigenvalue weighted by molar-refractivity contribution is 0.612. The van der Waals surface area contributed by atoms with Gasteiger partial charge in [0.2, 0.25) is 0 Å². The summed E-state index contributed by atoms with van der Waals surface area (Å²) < 4.78 is 15.1. The van der Waals surface area contributed by atoms with Crippen molar-refractivity contribution in [1.29, 1.82) is 0 Å². The Bertz CT molecular complexity index is 471. The molecule has 4 heteroatoms. The molecule has 0 bridgehead atoms. The highest BCUT2D eigenvalue weighted by molar-refractivity contribution is 5.36. The summed E-state index contributed by atoms with van der Waals surface area (Å²) in [6, 6.07) is 8.66. The van der Waals surface area contributed by atoms with Gasteiger partial charge in [0.05, 0.1) is 0 Å². The molecule has 0 atom stereocenters. The van der Waals surface area contributed by atoms with Gasteiger partial charge < -0.3 is 5.32 Å². The number of hydrogen-bond acceptors (Lipinski definition) is 2. The molecule has 1 N–H and O–H groups in total. The number of aryl methyl sites for hydroxylation is 2. The molecule has 2 rings (SSSR count). The lowest BCUT2D eigenvalue weighted by atomic mass is 10.2. The smallest absolute Gasteiger partial charge is 0.148 e. The molecule has 2 aromatic rings. The first-order valence-corrected chi connectivity index (χ1v) is 5.15. The summed E-state index contributed by atoms with van der Waals surface area (Å²) in [6.45, 7) is 2.42. The second-order valence-electron chi connectivity index (χ2n) is 3.74. The Morgan fingerprint density at radius 3 is 2.75 bits per heavy atom. The Labute approximate surface area is 93.9 Å². The van der Waals surface area contributed by atoms with Gasteiger partial charge in [-0.15, -0.1) is 0 Å². The lowest BCUT2D eigenvalue weighted by Gasteiger charge is -2.03. The Balaban J connectivity index is 2.05. The zero-order valence-electron chi connectivity index (χ0n) is 9.37. The molecule has 0 saturated heterocycles. The Hall–Kier alpha value is -1.84. The molecule has 1 heterocycles. The van der Waals surface area contributed by atoms with Crippen molar-refractivity contribution in [3.05, 3.63) is 47.4 Å². The maximum absolute atomic E-state index is 13.3. The molecule has 0 amide bonds. The number of benzene rings is 1. The van der Waals surface area contributed by atoms with Gasteiger partial charge in [0.1, 0.15) is 11.6 Å². The van der Waals surface area contributed by atoms with Crippen LogP contribution in [0.3, 0.4) is 0 Å². The SMILES string of the molecule is Cc1cc(NCc2ccccc2F)nn1C. The summed E-state index contributed by atoms with van der Waals surface area (Å²) in [4.78, 5) is 0. The zero-order chi connectivity index (χ0) is 11.5. The molecule has 0 aliphatic rings. The van der Waals surface area contributed by atoms with E-state index in [0.29, 0.717) is 12.1 Å². The average Bonchev–Trinajstić information content (AvgIpc) is 2.57. The molecule has 1 aromatic heterocycles. The van der Waals surface area contributed by atoms with Gasteiger partial charge in [0.15, 0.2) is 0 Å². The van der Waals surface area contributed by atoms with Crippen LogP contribution in [0.1, 0.15) is 11.3 Å². The summed E-state index contributed by atoms with van der Waals surface area (Å²) in [7, 11) is 1.88. The largest absolute Gasteiger partial charge is 0.364 e. The van der Waals surface area contributed by atoms with Gasteiger partial charge in [-0.25, -0.2) is 4.39 Å². The normalized spacial score (nSPS) is 10.4. The second-order valence-corrected chi connectivity index (χ2v) is 3.74. The van der Waals surface area contributed by atoms with E-state index in [1.807, 2.05) is 26.1 Å². The molecular weight excluding hydrogens is 205 g/mol. The number of aromatic nitrogens is 2. The molecule has 1 aromatic carbocycles. The first-order chi connectivity index (χ1) is 7.66. The third-order valence-electron chi connectivity index (χ3n) is 2.53. The van der Waals surface area contributed by atoms with Crippen molar-refractivity contribution in [1.82, 2.24) is 9.78 Å². The van der Waals surface area contributed by atoms with E-state index in [0.717, 1.165) is 11.5 Å². The highest BCUT2D eigenvalue weighted by atomic mass is 19.1. The standard InChI is InChI=1S/C12H14FN3/c1-9-7-12(15-16(9)2)14-8-10-5-3-4-6-11(10)13/h3-7H,8H2,1-2H3,(H,14,15). The molecule has 0 aliphatic heterocycles. The van der Waals surface area contributed by atoms with Gasteiger partial charge in [-0.1, -0.05) is 18.2 Å². The van der Waals surface area contributed by atoms with Crippen LogP contribution in [0.2, 0.25) is 0 Å². The van der Waals surface area contributed by atoms with E-state index in [1.54, 1.807) is 16.8 Å². The quantitative estimate of drug-likeness (QED) is 0.859. The number of halogens is 1. The zero-order valence-corrected chi connectivity index (χ0v) is 9.37. The summed E-state index contributed by atoms with van der Waals surface area (Å²) in [5, 5.41) is 7.33. The van der Waals surface area contributed by atoms with E-state index in [-0.39, 0.29) is 5.82 Å². The summed E-state index contributed by atoms with van der Waals surface area (Å²) in [5.41, 5.74) is 1.71. The Morgan fingerprint density at radius 2 is 2.12 bits per heavy atom. The highest BCUT2D eigenvalue weighted by Crippen LogP contribution is 2.11. The summed E-state index contributed by atoms with van der Waals surface area (Å²) in [6.07, 6.45) is 0. The van der Waals surface area contributed by atoms with E-state index in [1.165, 1.54) is 6.07 Å². The van der Waals surface area contributed by atoms with Crippen LogP contribution in [0, 0.1) is 12.7 Å². The van der Waals surface area contributed by atoms with Crippen LogP contribution in [-0.4, -0.2) is 9.78 Å². The van der Waals surface area contributed by atoms with Crippen molar-refractivity contribution in [2.75, 3.05) is 5.32 Å². The summed E-state index contributed by atoms with van der Waals surface area (Å²) in [5.74, 6) is 0.575. The fourth-order valence-corrected chi connectivity index (χ4v) is 1.47. The fourth-order valence-electron chi connectivity index (χ4n) is 1.47. The predicted octanol–water partition coefficient (Wildman–Crippen LogP) is 2.48. The molecular formula is C12H14FN3. The van der Waals surface area contributed by atoms with Gasteiger partial charge in [-0.3, -0.25) is 4.68 Å². The third kappa shape index (κ3) is 2.21. The minimum atomic E-state index is -0.192. The van der Waals surface area contributed by atoms with Crippen molar-refractivity contribution >= 4 is 5.82 Å². The highest BCUT2D eigenvalue weighted by Gasteiger charge is 2.03. The molecule has 0 fully saturated rings. The molecule has 84 valence electrons. The van der Waals surface area contributed by atoms with E-state index >= 15 is 0 Å². The maximum atomic E-state index is 13.3. The third-order valence-corrected chi connectivity index (χ3v) is 2.53. The molecule has 3 nitrogen and oxygen atoms in total. The lowest BCUT2D eigenvalue weighted by Crippen LogP contribution is -2.02. The molecule has 0 radical (unpaired) electrons. The van der Waals surface area contributed by atoms with Crippen molar-refractivity contribution in [2.45, 2.75) is 13.5 Å². The van der Waals surface area contributed by atoms with Crippen LogP contribution in [-0.2, 0) is 13.6 Å². The van der Waals surface area contributed by atoms with Crippen molar-refractivity contribution in [3.63, 3.8) is 0 Å². The first kappa shape index (κ1) is 10.7. The van der Waals surface area contributed by atoms with E-state index in [4.69, 9.17) is 0 Å². The number of rotatable bonds is 3. The maximum Gasteiger partial charge on any atom is 0.148 e. The van der Waals surface area contributed by atoms with E-state index in [9.17, 15) is 4.39 Å². The minimum absolute atomic E-state index is 0.192. The second kappa shape index (κ2) is 4.35. The van der Waals surface area contributed by atoms with Gasteiger partial charge in [-0.2, -0.15) is 5.10 Å². The van der Waals surface area contributed by atoms with Crippen LogP contribution in [0.4, 0.5) is 10.2 Å². The predicted molar refractivity (Wildman–Crippen MR) is 61.7 cm³/mol. The van der Waals surface area contributed by atoms with E-state index in [2.05, 4.69) is 10.4 Å². The number of hydrogen-bond donors (Lipinski definition) is 1. The molecule has 0 unspecified atom stereocenters. The topological polar surface area (TPSA) is 29.9 Å². The van der Waals surface area contributed by atoms with Crippen LogP contribution >= 0.6 is 0 Å². The molecule has 0 saturated carbocycles. The van der Waals surface area contributed by atoms with Crippen LogP contribution in [0.25, 0.3) is 0 Å². The average molecular weight is 219 g/mol. The number of nitrogens with zero attached hydrogens (tertiary/aromatic N) is 2. The van der Waals surface area contributed by atoms with Crippen molar-refractivity contribution < 1.29 is 4.39 Å². The van der Waals surface area contributed by atoms with Gasteiger partial charge in [0, 0.05) is 30.9 Å². The van der Waals surface area contributed by atoms with Gasteiger partial charge in [0.25, 0.3) is 0 Å². The van der Waals surface area contributed by atoms with Gasteiger partial charge >= 0.3 is 0 Å². The molecule has 0 aliphatic carbocycles. The fraction of sp³-hybridized carbons (Fsp3) is 0.250. The Morgan fingerprint density at radius 1 is 1.38 bits per heavy atom. The van der Waals surface area contributed by atoms with Crippen molar-refractivity contribution in [3.8, 4) is 0 Å².